The number of rotatable bonds is 6. The lowest BCUT2D eigenvalue weighted by Gasteiger charge is -2.22. The van der Waals surface area contributed by atoms with Gasteiger partial charge >= 0.3 is 5.97 Å². The average Bonchev–Trinajstić information content (AvgIpc) is 3.03. The molecule has 1 aromatic carbocycles. The summed E-state index contributed by atoms with van der Waals surface area (Å²) in [5, 5.41) is 3.32. The van der Waals surface area contributed by atoms with Crippen LogP contribution in [-0.2, 0) is 14.3 Å². The van der Waals surface area contributed by atoms with E-state index < -0.39 is 0 Å². The van der Waals surface area contributed by atoms with E-state index in [1.807, 2.05) is 37.3 Å². The first-order chi connectivity index (χ1) is 12.1. The van der Waals surface area contributed by atoms with Crippen molar-refractivity contribution in [2.75, 3.05) is 40.4 Å². The third kappa shape index (κ3) is 4.95. The van der Waals surface area contributed by atoms with Crippen molar-refractivity contribution in [1.82, 2.24) is 10.2 Å². The van der Waals surface area contributed by atoms with Gasteiger partial charge in [-0.3, -0.25) is 9.79 Å². The molecule has 1 aliphatic rings. The maximum atomic E-state index is 11.9. The number of hydrogen-bond donors (Lipinski definition) is 1. The van der Waals surface area contributed by atoms with Gasteiger partial charge in [0.2, 0.25) is 0 Å². The molecule has 3 atom stereocenters. The van der Waals surface area contributed by atoms with E-state index >= 15 is 0 Å². The molecule has 0 radical (unpaired) electrons. The van der Waals surface area contributed by atoms with Crippen molar-refractivity contribution in [2.45, 2.75) is 20.0 Å². The molecule has 2 rings (SSSR count). The Balaban J connectivity index is 2.09. The Morgan fingerprint density at radius 2 is 2.04 bits per heavy atom. The zero-order chi connectivity index (χ0) is 18.2. The van der Waals surface area contributed by atoms with Crippen molar-refractivity contribution in [3.63, 3.8) is 0 Å². The Hall–Kier alpha value is -2.08. The van der Waals surface area contributed by atoms with Gasteiger partial charge in [0.25, 0.3) is 0 Å². The van der Waals surface area contributed by atoms with Crippen molar-refractivity contribution >= 4 is 11.9 Å². The summed E-state index contributed by atoms with van der Waals surface area (Å²) in [4.78, 5) is 18.8. The quantitative estimate of drug-likeness (QED) is 0.485. The summed E-state index contributed by atoms with van der Waals surface area (Å²) < 4.78 is 10.5. The maximum Gasteiger partial charge on any atom is 0.310 e. The third-order valence-electron chi connectivity index (χ3n) is 4.61. The number of ether oxygens (including phenoxy) is 2. The third-order valence-corrected chi connectivity index (χ3v) is 4.61. The molecule has 0 saturated carbocycles. The molecular weight excluding hydrogens is 318 g/mol. The second-order valence-electron chi connectivity index (χ2n) is 6.34. The van der Waals surface area contributed by atoms with Crippen molar-refractivity contribution in [3.05, 3.63) is 35.9 Å². The molecule has 1 N–H and O–H groups in total. The average molecular weight is 347 g/mol. The molecule has 0 spiro atoms. The van der Waals surface area contributed by atoms with Gasteiger partial charge in [0.05, 0.1) is 19.6 Å². The first-order valence-electron chi connectivity index (χ1n) is 8.79. The molecule has 0 amide bonds. The lowest BCUT2D eigenvalue weighted by molar-refractivity contribution is -0.145. The molecule has 1 fully saturated rings. The zero-order valence-corrected chi connectivity index (χ0v) is 15.6. The number of likely N-dealkylation sites (tertiary alicyclic amines) is 1. The number of aliphatic imine (C=N–C) groups is 1. The van der Waals surface area contributed by atoms with Crippen LogP contribution in [0.5, 0.6) is 0 Å². The molecule has 1 heterocycles. The van der Waals surface area contributed by atoms with Crippen molar-refractivity contribution < 1.29 is 14.3 Å². The normalized spacial score (nSPS) is 21.9. The van der Waals surface area contributed by atoms with Crippen LogP contribution in [0.2, 0.25) is 0 Å². The maximum absolute atomic E-state index is 11.9. The van der Waals surface area contributed by atoms with Gasteiger partial charge in [0, 0.05) is 26.7 Å². The predicted octanol–water partition coefficient (Wildman–Crippen LogP) is 2.08. The fourth-order valence-electron chi connectivity index (χ4n) is 3.18. The second-order valence-corrected chi connectivity index (χ2v) is 6.34. The lowest BCUT2D eigenvalue weighted by atomic mass is 9.99. The Kier molecular flexibility index (Phi) is 7.25. The number of benzene rings is 1. The molecule has 138 valence electrons. The zero-order valence-electron chi connectivity index (χ0n) is 15.6. The van der Waals surface area contributed by atoms with Gasteiger partial charge in [-0.2, -0.15) is 0 Å². The van der Waals surface area contributed by atoms with Gasteiger partial charge in [0.15, 0.2) is 5.96 Å². The minimum absolute atomic E-state index is 0.0914. The summed E-state index contributed by atoms with van der Waals surface area (Å²) in [5.74, 6) is 0.800. The summed E-state index contributed by atoms with van der Waals surface area (Å²) in [6.45, 7) is 6.83. The predicted molar refractivity (Wildman–Crippen MR) is 98.4 cm³/mol. The molecule has 1 saturated heterocycles. The number of esters is 1. The molecule has 1 aromatic rings. The van der Waals surface area contributed by atoms with Gasteiger partial charge < -0.3 is 19.7 Å². The lowest BCUT2D eigenvalue weighted by Crippen LogP contribution is -2.41. The van der Waals surface area contributed by atoms with Crippen LogP contribution in [0, 0.1) is 11.8 Å². The van der Waals surface area contributed by atoms with Gasteiger partial charge in [-0.15, -0.1) is 0 Å². The van der Waals surface area contributed by atoms with Crippen molar-refractivity contribution in [3.8, 4) is 0 Å². The molecule has 0 aliphatic carbocycles. The number of guanidine groups is 1. The monoisotopic (exact) mass is 347 g/mol. The first kappa shape index (κ1) is 19.2. The fourth-order valence-corrected chi connectivity index (χ4v) is 3.18. The van der Waals surface area contributed by atoms with Crippen LogP contribution in [0.1, 0.15) is 25.5 Å². The highest BCUT2D eigenvalue weighted by Gasteiger charge is 2.36. The van der Waals surface area contributed by atoms with Gasteiger partial charge in [-0.25, -0.2) is 0 Å². The van der Waals surface area contributed by atoms with Crippen LogP contribution in [0.3, 0.4) is 0 Å². The molecular formula is C19H29N3O3. The largest absolute Gasteiger partial charge is 0.469 e. The summed E-state index contributed by atoms with van der Waals surface area (Å²) in [5.41, 5.74) is 1.10. The van der Waals surface area contributed by atoms with Crippen molar-refractivity contribution in [1.29, 1.82) is 0 Å². The highest BCUT2D eigenvalue weighted by molar-refractivity contribution is 5.82. The van der Waals surface area contributed by atoms with Crippen LogP contribution < -0.4 is 5.32 Å². The molecule has 3 unspecified atom stereocenters. The number of methoxy groups -OCH3 is 2. The minimum atomic E-state index is -0.148. The van der Waals surface area contributed by atoms with Gasteiger partial charge in [-0.1, -0.05) is 37.3 Å². The van der Waals surface area contributed by atoms with Gasteiger partial charge in [0.1, 0.15) is 6.10 Å². The van der Waals surface area contributed by atoms with E-state index in [2.05, 4.69) is 17.1 Å². The molecule has 25 heavy (non-hydrogen) atoms. The summed E-state index contributed by atoms with van der Waals surface area (Å²) in [6.07, 6.45) is -0.0914. The SMILES string of the molecule is CCNC(=NCC(OC)c1ccccc1)N1CC(C)C(C(=O)OC)C1. The highest BCUT2D eigenvalue weighted by Crippen LogP contribution is 2.24. The Labute approximate surface area is 150 Å². The molecule has 0 aromatic heterocycles. The molecule has 1 aliphatic heterocycles. The molecule has 0 bridgehead atoms. The number of nitrogens with one attached hydrogen (secondary N) is 1. The van der Waals surface area contributed by atoms with E-state index in [1.54, 1.807) is 7.11 Å². The Bertz CT molecular complexity index is 577. The van der Waals surface area contributed by atoms with Crippen LogP contribution >= 0.6 is 0 Å². The molecule has 6 heteroatoms. The Morgan fingerprint density at radius 3 is 2.64 bits per heavy atom. The van der Waals surface area contributed by atoms with Crippen LogP contribution in [0.25, 0.3) is 0 Å². The van der Waals surface area contributed by atoms with E-state index in [9.17, 15) is 4.79 Å². The van der Waals surface area contributed by atoms with E-state index in [4.69, 9.17) is 14.5 Å². The fraction of sp³-hybridized carbons (Fsp3) is 0.579. The summed E-state index contributed by atoms with van der Waals surface area (Å²) in [7, 11) is 3.14. The second kappa shape index (κ2) is 9.42. The van der Waals surface area contributed by atoms with E-state index in [-0.39, 0.29) is 23.9 Å². The van der Waals surface area contributed by atoms with Crippen LogP contribution in [0.15, 0.2) is 35.3 Å². The Morgan fingerprint density at radius 1 is 1.32 bits per heavy atom. The van der Waals surface area contributed by atoms with E-state index in [1.165, 1.54) is 7.11 Å². The van der Waals surface area contributed by atoms with E-state index in [0.717, 1.165) is 24.6 Å². The summed E-state index contributed by atoms with van der Waals surface area (Å²) in [6, 6.07) is 10.1. The van der Waals surface area contributed by atoms with Gasteiger partial charge in [-0.05, 0) is 18.4 Å². The number of carbonyl (C=O) groups excluding carboxylic acids is 1. The molecule has 6 nitrogen and oxygen atoms in total. The summed E-state index contributed by atoms with van der Waals surface area (Å²) >= 11 is 0. The highest BCUT2D eigenvalue weighted by atomic mass is 16.5. The van der Waals surface area contributed by atoms with Crippen LogP contribution in [0.4, 0.5) is 0 Å². The van der Waals surface area contributed by atoms with Crippen molar-refractivity contribution in [2.24, 2.45) is 16.8 Å². The number of hydrogen-bond acceptors (Lipinski definition) is 4. The number of nitrogens with zero attached hydrogens (tertiary/aromatic N) is 2. The van der Waals surface area contributed by atoms with E-state index in [0.29, 0.717) is 13.1 Å². The smallest absolute Gasteiger partial charge is 0.310 e. The topological polar surface area (TPSA) is 63.2 Å². The minimum Gasteiger partial charge on any atom is -0.469 e. The first-order valence-corrected chi connectivity index (χ1v) is 8.79. The number of carbonyl (C=O) groups is 1. The standard InChI is InChI=1S/C19H29N3O3/c1-5-20-19(22-12-14(2)16(13-22)18(23)25-4)21-11-17(24-3)15-9-7-6-8-10-15/h6-10,14,16-17H,5,11-13H2,1-4H3,(H,20,21). The van der Waals surface area contributed by atoms with Crippen LogP contribution in [-0.4, -0.2) is 57.2 Å².